The lowest BCUT2D eigenvalue weighted by molar-refractivity contribution is -0.114. The summed E-state index contributed by atoms with van der Waals surface area (Å²) in [6, 6.07) is 16.8. The average Bonchev–Trinajstić information content (AvgIpc) is 2.81. The van der Waals surface area contributed by atoms with E-state index in [2.05, 4.69) is 66.3 Å². The van der Waals surface area contributed by atoms with Crippen molar-refractivity contribution in [1.82, 2.24) is 4.57 Å². The van der Waals surface area contributed by atoms with Crippen molar-refractivity contribution in [1.29, 1.82) is 0 Å². The molecule has 3 heteroatoms. The molecule has 3 nitrogen and oxygen atoms in total. The van der Waals surface area contributed by atoms with Crippen LogP contribution in [0.5, 0.6) is 0 Å². The van der Waals surface area contributed by atoms with E-state index in [0.29, 0.717) is 5.57 Å². The second kappa shape index (κ2) is 6.09. The first-order valence-corrected chi connectivity index (χ1v) is 6.61. The minimum atomic E-state index is -0.435. The van der Waals surface area contributed by atoms with E-state index in [1.54, 1.807) is 6.92 Å². The number of nitrogens with zero attached hydrogens (tertiary/aromatic N) is 1. The molecule has 0 spiro atoms. The summed E-state index contributed by atoms with van der Waals surface area (Å²) in [6.07, 6.45) is 1.87. The maximum atomic E-state index is 9.82. The molecule has 0 fully saturated rings. The Morgan fingerprint density at radius 3 is 1.76 bits per heavy atom. The summed E-state index contributed by atoms with van der Waals surface area (Å²) in [5.41, 5.74) is 7.53. The van der Waals surface area contributed by atoms with Crippen LogP contribution in [0.3, 0.4) is 0 Å². The summed E-state index contributed by atoms with van der Waals surface area (Å²) in [5.74, 6) is -0.435. The molecule has 1 aromatic heterocycles. The van der Waals surface area contributed by atoms with Crippen molar-refractivity contribution in [2.75, 3.05) is 0 Å². The van der Waals surface area contributed by atoms with E-state index in [4.69, 9.17) is 5.73 Å². The van der Waals surface area contributed by atoms with E-state index in [1.807, 2.05) is 6.20 Å². The lowest BCUT2D eigenvalue weighted by Crippen LogP contribution is -2.10. The van der Waals surface area contributed by atoms with Crippen molar-refractivity contribution in [3.8, 4) is 0 Å². The molecule has 0 saturated carbocycles. The van der Waals surface area contributed by atoms with Gasteiger partial charge in [0, 0.05) is 22.5 Å². The van der Waals surface area contributed by atoms with Crippen LogP contribution < -0.4 is 5.73 Å². The number of hydrogen-bond donors (Lipinski definition) is 1. The van der Waals surface area contributed by atoms with E-state index in [1.165, 1.54) is 21.8 Å². The van der Waals surface area contributed by atoms with Crippen LogP contribution >= 0.6 is 0 Å². The molecule has 0 atom stereocenters. The summed E-state index contributed by atoms with van der Waals surface area (Å²) in [7, 11) is 0. The number of nitrogens with two attached hydrogens (primary N) is 1. The Hall–Kier alpha value is -2.81. The Labute approximate surface area is 124 Å². The number of para-hydroxylation sites is 2. The van der Waals surface area contributed by atoms with Gasteiger partial charge < -0.3 is 10.3 Å². The van der Waals surface area contributed by atoms with Crippen LogP contribution in [0.25, 0.3) is 28.0 Å². The fraction of sp³-hybridized carbons (Fsp3) is 0.0556. The third-order valence-corrected chi connectivity index (χ3v) is 3.22. The molecular formula is C18H18N2O. The fourth-order valence-corrected chi connectivity index (χ4v) is 2.15. The largest absolute Gasteiger partial charge is 0.366 e. The number of rotatable bonds is 2. The van der Waals surface area contributed by atoms with Crippen molar-refractivity contribution in [3.63, 3.8) is 0 Å². The monoisotopic (exact) mass is 278 g/mol. The van der Waals surface area contributed by atoms with Crippen molar-refractivity contribution in [2.45, 2.75) is 6.92 Å². The Balaban J connectivity index is 0.000000232. The Bertz CT molecular complexity index is 762. The molecule has 21 heavy (non-hydrogen) atoms. The second-order valence-electron chi connectivity index (χ2n) is 4.73. The lowest BCUT2D eigenvalue weighted by atomic mass is 10.2. The van der Waals surface area contributed by atoms with E-state index in [0.717, 1.165) is 0 Å². The van der Waals surface area contributed by atoms with Gasteiger partial charge in [-0.25, -0.2) is 0 Å². The number of aromatic nitrogens is 1. The summed E-state index contributed by atoms with van der Waals surface area (Å²) in [4.78, 5) is 9.82. The van der Waals surface area contributed by atoms with Crippen LogP contribution in [0.15, 0.2) is 67.3 Å². The van der Waals surface area contributed by atoms with Crippen LogP contribution in [-0.4, -0.2) is 10.5 Å². The average molecular weight is 278 g/mol. The maximum Gasteiger partial charge on any atom is 0.243 e. The molecule has 1 amide bonds. The van der Waals surface area contributed by atoms with Gasteiger partial charge in [-0.15, -0.1) is 0 Å². The zero-order valence-corrected chi connectivity index (χ0v) is 12.0. The summed E-state index contributed by atoms with van der Waals surface area (Å²) >= 11 is 0. The van der Waals surface area contributed by atoms with E-state index < -0.39 is 5.91 Å². The molecule has 0 bridgehead atoms. The topological polar surface area (TPSA) is 48.0 Å². The summed E-state index contributed by atoms with van der Waals surface area (Å²) < 4.78 is 2.13. The molecule has 2 N–H and O–H groups in total. The van der Waals surface area contributed by atoms with Crippen molar-refractivity contribution < 1.29 is 4.79 Å². The van der Waals surface area contributed by atoms with Gasteiger partial charge in [-0.3, -0.25) is 4.79 Å². The normalized spacial score (nSPS) is 9.95. The Kier molecular flexibility index (Phi) is 4.24. The van der Waals surface area contributed by atoms with E-state index in [9.17, 15) is 4.79 Å². The highest BCUT2D eigenvalue weighted by Gasteiger charge is 2.06. The summed E-state index contributed by atoms with van der Waals surface area (Å²) in [5, 5.41) is 2.57. The van der Waals surface area contributed by atoms with Gasteiger partial charge in [0.25, 0.3) is 0 Å². The Morgan fingerprint density at radius 1 is 1.05 bits per heavy atom. The fourth-order valence-electron chi connectivity index (χ4n) is 2.15. The number of hydrogen-bond acceptors (Lipinski definition) is 1. The molecular weight excluding hydrogens is 260 g/mol. The highest BCUT2D eigenvalue weighted by molar-refractivity contribution is 6.09. The van der Waals surface area contributed by atoms with Gasteiger partial charge in [0.1, 0.15) is 0 Å². The number of benzene rings is 2. The van der Waals surface area contributed by atoms with Gasteiger partial charge in [-0.1, -0.05) is 49.6 Å². The molecule has 0 saturated heterocycles. The van der Waals surface area contributed by atoms with E-state index in [-0.39, 0.29) is 0 Å². The SMILES string of the molecule is C=C(C)C(N)=O.C=Cn1c2ccccc2c2ccccc21. The molecule has 3 aromatic rings. The molecule has 3 rings (SSSR count). The zero-order valence-electron chi connectivity index (χ0n) is 12.0. The number of fused-ring (bicyclic) bond motifs is 3. The molecule has 1 heterocycles. The van der Waals surface area contributed by atoms with Crippen LogP contribution in [0.2, 0.25) is 0 Å². The molecule has 0 unspecified atom stereocenters. The second-order valence-corrected chi connectivity index (χ2v) is 4.73. The number of primary amides is 1. The van der Waals surface area contributed by atoms with Gasteiger partial charge in [0.05, 0.1) is 11.0 Å². The molecule has 0 radical (unpaired) electrons. The number of amides is 1. The first kappa shape index (κ1) is 14.6. The van der Waals surface area contributed by atoms with Crippen molar-refractivity contribution >= 4 is 33.9 Å². The predicted octanol–water partition coefficient (Wildman–Crippen LogP) is 3.94. The molecule has 0 aliphatic carbocycles. The smallest absolute Gasteiger partial charge is 0.243 e. The maximum absolute atomic E-state index is 9.82. The van der Waals surface area contributed by atoms with Crippen LogP contribution in [0, 0.1) is 0 Å². The van der Waals surface area contributed by atoms with Crippen LogP contribution in [-0.2, 0) is 4.79 Å². The first-order chi connectivity index (χ1) is 10.1. The molecule has 0 aliphatic heterocycles. The minimum Gasteiger partial charge on any atom is -0.366 e. The van der Waals surface area contributed by atoms with Crippen molar-refractivity contribution in [2.24, 2.45) is 5.73 Å². The van der Waals surface area contributed by atoms with Crippen LogP contribution in [0.1, 0.15) is 6.92 Å². The van der Waals surface area contributed by atoms with Crippen LogP contribution in [0.4, 0.5) is 0 Å². The lowest BCUT2D eigenvalue weighted by Gasteiger charge is -1.97. The molecule has 0 aliphatic rings. The van der Waals surface area contributed by atoms with E-state index >= 15 is 0 Å². The van der Waals surface area contributed by atoms with Gasteiger partial charge in [0.2, 0.25) is 5.91 Å². The third-order valence-electron chi connectivity index (χ3n) is 3.22. The standard InChI is InChI=1S/C14H11N.C4H7NO/c1-2-15-13-9-5-3-7-11(13)12-8-4-6-10-14(12)15;1-3(2)4(5)6/h2-10H,1H2;1H2,2H3,(H2,5,6). The first-order valence-electron chi connectivity index (χ1n) is 6.61. The van der Waals surface area contributed by atoms with Gasteiger partial charge >= 0.3 is 0 Å². The van der Waals surface area contributed by atoms with Gasteiger partial charge in [-0.05, 0) is 19.1 Å². The Morgan fingerprint density at radius 2 is 1.43 bits per heavy atom. The molecule has 106 valence electrons. The third kappa shape index (κ3) is 2.87. The number of carbonyl (C=O) groups excluding carboxylic acids is 1. The van der Waals surface area contributed by atoms with Gasteiger partial charge in [0.15, 0.2) is 0 Å². The highest BCUT2D eigenvalue weighted by Crippen LogP contribution is 2.28. The number of carbonyl (C=O) groups is 1. The van der Waals surface area contributed by atoms with Gasteiger partial charge in [-0.2, -0.15) is 0 Å². The predicted molar refractivity (Wildman–Crippen MR) is 89.8 cm³/mol. The zero-order chi connectivity index (χ0) is 15.4. The highest BCUT2D eigenvalue weighted by atomic mass is 16.1. The van der Waals surface area contributed by atoms with Crippen molar-refractivity contribution in [3.05, 3.63) is 67.3 Å². The quantitative estimate of drug-likeness (QED) is 0.709. The summed E-state index contributed by atoms with van der Waals surface area (Å²) in [6.45, 7) is 8.72. The molecule has 2 aromatic carbocycles. The minimum absolute atomic E-state index is 0.398.